The molecule has 0 amide bonds. The Morgan fingerprint density at radius 3 is 2.44 bits per heavy atom. The van der Waals surface area contributed by atoms with Gasteiger partial charge in [0.15, 0.2) is 0 Å². The standard InChI is InChI=1S/C13H10Cl3NS/c14-8-4-5-11(16)13(6-8)18-12-3-1-2-10(15)9(12)7-17/h1-6H,7,17H2. The molecule has 0 aliphatic heterocycles. The molecule has 1 nitrogen and oxygen atoms in total. The Morgan fingerprint density at radius 2 is 1.72 bits per heavy atom. The average Bonchev–Trinajstić information content (AvgIpc) is 2.34. The summed E-state index contributed by atoms with van der Waals surface area (Å²) in [5, 5.41) is 1.98. The van der Waals surface area contributed by atoms with Crippen LogP contribution in [-0.4, -0.2) is 0 Å². The lowest BCUT2D eigenvalue weighted by Gasteiger charge is -2.10. The lowest BCUT2D eigenvalue weighted by Crippen LogP contribution is -1.99. The molecule has 2 aromatic carbocycles. The van der Waals surface area contributed by atoms with Gasteiger partial charge < -0.3 is 5.73 Å². The number of nitrogens with two attached hydrogens (primary N) is 1. The van der Waals surface area contributed by atoms with Crippen LogP contribution in [0.25, 0.3) is 0 Å². The first-order chi connectivity index (χ1) is 8.61. The van der Waals surface area contributed by atoms with Gasteiger partial charge in [-0.05, 0) is 35.9 Å². The molecule has 2 aromatic rings. The Labute approximate surface area is 125 Å². The lowest BCUT2D eigenvalue weighted by molar-refractivity contribution is 1.03. The maximum absolute atomic E-state index is 6.14. The molecule has 0 aliphatic carbocycles. The van der Waals surface area contributed by atoms with E-state index in [1.54, 1.807) is 12.1 Å². The molecule has 0 saturated heterocycles. The first-order valence-electron chi connectivity index (χ1n) is 5.22. The van der Waals surface area contributed by atoms with E-state index in [1.807, 2.05) is 24.3 Å². The zero-order valence-electron chi connectivity index (χ0n) is 9.29. The van der Waals surface area contributed by atoms with Crippen molar-refractivity contribution in [2.45, 2.75) is 16.3 Å². The third-order valence-electron chi connectivity index (χ3n) is 2.39. The van der Waals surface area contributed by atoms with E-state index >= 15 is 0 Å². The predicted molar refractivity (Wildman–Crippen MR) is 79.9 cm³/mol. The summed E-state index contributed by atoms with van der Waals surface area (Å²) in [6.07, 6.45) is 0. The van der Waals surface area contributed by atoms with Gasteiger partial charge in [0.25, 0.3) is 0 Å². The largest absolute Gasteiger partial charge is 0.326 e. The van der Waals surface area contributed by atoms with Gasteiger partial charge in [-0.15, -0.1) is 0 Å². The number of rotatable bonds is 3. The molecule has 0 heterocycles. The molecule has 0 saturated carbocycles. The van der Waals surface area contributed by atoms with Crippen LogP contribution in [0, 0.1) is 0 Å². The molecule has 0 aliphatic rings. The van der Waals surface area contributed by atoms with Crippen molar-refractivity contribution in [3.63, 3.8) is 0 Å². The highest BCUT2D eigenvalue weighted by Crippen LogP contribution is 2.38. The number of hydrogen-bond acceptors (Lipinski definition) is 2. The fourth-order valence-corrected chi connectivity index (χ4v) is 3.34. The summed E-state index contributed by atoms with van der Waals surface area (Å²) >= 11 is 19.7. The molecule has 2 N–H and O–H groups in total. The van der Waals surface area contributed by atoms with Crippen LogP contribution >= 0.6 is 46.6 Å². The maximum Gasteiger partial charge on any atom is 0.0546 e. The molecular weight excluding hydrogens is 309 g/mol. The minimum Gasteiger partial charge on any atom is -0.326 e. The number of hydrogen-bond donors (Lipinski definition) is 1. The van der Waals surface area contributed by atoms with Crippen molar-refractivity contribution >= 4 is 46.6 Å². The molecule has 0 radical (unpaired) electrons. The van der Waals surface area contributed by atoms with E-state index in [0.717, 1.165) is 15.4 Å². The third kappa shape index (κ3) is 3.14. The fourth-order valence-electron chi connectivity index (χ4n) is 1.51. The highest BCUT2D eigenvalue weighted by molar-refractivity contribution is 7.99. The van der Waals surface area contributed by atoms with Crippen molar-refractivity contribution in [1.29, 1.82) is 0 Å². The molecule has 0 aromatic heterocycles. The Morgan fingerprint density at radius 1 is 0.944 bits per heavy atom. The molecule has 0 fully saturated rings. The monoisotopic (exact) mass is 317 g/mol. The highest BCUT2D eigenvalue weighted by Gasteiger charge is 2.09. The predicted octanol–water partition coefficient (Wildman–Crippen LogP) is 5.26. The summed E-state index contributed by atoms with van der Waals surface area (Å²) in [7, 11) is 0. The van der Waals surface area contributed by atoms with Crippen LogP contribution in [0.1, 0.15) is 5.56 Å². The summed E-state index contributed by atoms with van der Waals surface area (Å²) < 4.78 is 0. The molecular formula is C13H10Cl3NS. The second kappa shape index (κ2) is 6.18. The summed E-state index contributed by atoms with van der Waals surface area (Å²) in [4.78, 5) is 1.88. The molecule has 0 spiro atoms. The van der Waals surface area contributed by atoms with Gasteiger partial charge in [-0.3, -0.25) is 0 Å². The van der Waals surface area contributed by atoms with Gasteiger partial charge in [0.1, 0.15) is 0 Å². The van der Waals surface area contributed by atoms with Crippen molar-refractivity contribution in [3.8, 4) is 0 Å². The highest BCUT2D eigenvalue weighted by atomic mass is 35.5. The second-order valence-corrected chi connectivity index (χ2v) is 5.93. The van der Waals surface area contributed by atoms with E-state index in [-0.39, 0.29) is 0 Å². The van der Waals surface area contributed by atoms with E-state index in [2.05, 4.69) is 0 Å². The van der Waals surface area contributed by atoms with Crippen LogP contribution in [-0.2, 0) is 6.54 Å². The smallest absolute Gasteiger partial charge is 0.0546 e. The van der Waals surface area contributed by atoms with Crippen LogP contribution in [0.4, 0.5) is 0 Å². The van der Waals surface area contributed by atoms with E-state index in [0.29, 0.717) is 21.6 Å². The van der Waals surface area contributed by atoms with Crippen molar-refractivity contribution < 1.29 is 0 Å². The van der Waals surface area contributed by atoms with Crippen molar-refractivity contribution in [1.82, 2.24) is 0 Å². The lowest BCUT2D eigenvalue weighted by atomic mass is 10.2. The second-order valence-electron chi connectivity index (χ2n) is 3.60. The van der Waals surface area contributed by atoms with Crippen LogP contribution in [0.2, 0.25) is 15.1 Å². The van der Waals surface area contributed by atoms with Gasteiger partial charge >= 0.3 is 0 Å². The Balaban J connectivity index is 2.40. The Kier molecular flexibility index (Phi) is 4.82. The SMILES string of the molecule is NCc1c(Cl)cccc1Sc1cc(Cl)ccc1Cl. The van der Waals surface area contributed by atoms with Crippen LogP contribution < -0.4 is 5.73 Å². The maximum atomic E-state index is 6.14. The van der Waals surface area contributed by atoms with Crippen LogP contribution in [0.15, 0.2) is 46.2 Å². The molecule has 18 heavy (non-hydrogen) atoms. The Hall–Kier alpha value is -0.380. The first kappa shape index (κ1) is 14.0. The van der Waals surface area contributed by atoms with E-state index in [9.17, 15) is 0 Å². The normalized spacial score (nSPS) is 10.7. The van der Waals surface area contributed by atoms with Gasteiger partial charge in [0.2, 0.25) is 0 Å². The topological polar surface area (TPSA) is 26.0 Å². The molecule has 94 valence electrons. The third-order valence-corrected chi connectivity index (χ3v) is 4.58. The van der Waals surface area contributed by atoms with Gasteiger partial charge in [-0.1, -0.05) is 52.6 Å². The zero-order valence-corrected chi connectivity index (χ0v) is 12.4. The average molecular weight is 319 g/mol. The van der Waals surface area contributed by atoms with Crippen molar-refractivity contribution in [3.05, 3.63) is 57.0 Å². The number of halogens is 3. The van der Waals surface area contributed by atoms with Crippen LogP contribution in [0.5, 0.6) is 0 Å². The summed E-state index contributed by atoms with van der Waals surface area (Å²) in [6, 6.07) is 11.1. The van der Waals surface area contributed by atoms with Gasteiger partial charge in [0, 0.05) is 26.4 Å². The molecule has 2 rings (SSSR count). The summed E-state index contributed by atoms with van der Waals surface area (Å²) in [5.41, 5.74) is 6.63. The minimum atomic E-state index is 0.389. The molecule has 5 heteroatoms. The summed E-state index contributed by atoms with van der Waals surface area (Å²) in [5.74, 6) is 0. The van der Waals surface area contributed by atoms with Crippen molar-refractivity contribution in [2.24, 2.45) is 5.73 Å². The quantitative estimate of drug-likeness (QED) is 0.835. The number of benzene rings is 2. The fraction of sp³-hybridized carbons (Fsp3) is 0.0769. The van der Waals surface area contributed by atoms with Crippen LogP contribution in [0.3, 0.4) is 0 Å². The van der Waals surface area contributed by atoms with Gasteiger partial charge in [-0.2, -0.15) is 0 Å². The van der Waals surface area contributed by atoms with E-state index in [1.165, 1.54) is 11.8 Å². The molecule has 0 unspecified atom stereocenters. The van der Waals surface area contributed by atoms with Gasteiger partial charge in [-0.25, -0.2) is 0 Å². The Bertz CT molecular complexity index is 572. The first-order valence-corrected chi connectivity index (χ1v) is 7.17. The summed E-state index contributed by atoms with van der Waals surface area (Å²) in [6.45, 7) is 0.389. The van der Waals surface area contributed by atoms with E-state index in [4.69, 9.17) is 40.5 Å². The van der Waals surface area contributed by atoms with E-state index < -0.39 is 0 Å². The minimum absolute atomic E-state index is 0.389. The van der Waals surface area contributed by atoms with Crippen molar-refractivity contribution in [2.75, 3.05) is 0 Å². The molecule has 0 bridgehead atoms. The van der Waals surface area contributed by atoms with Gasteiger partial charge in [0.05, 0.1) is 5.02 Å². The molecule has 0 atom stereocenters. The zero-order chi connectivity index (χ0) is 13.1.